The molecule has 1 heterocycles. The summed E-state index contributed by atoms with van der Waals surface area (Å²) < 4.78 is 16.3. The molecule has 0 spiro atoms. The van der Waals surface area contributed by atoms with Gasteiger partial charge in [-0.25, -0.2) is 9.07 Å². The summed E-state index contributed by atoms with van der Waals surface area (Å²) in [6.07, 6.45) is 1.68. The molecule has 7 heteroatoms. The Morgan fingerprint density at radius 2 is 1.97 bits per heavy atom. The van der Waals surface area contributed by atoms with E-state index in [-0.39, 0.29) is 24.2 Å². The molecule has 1 unspecified atom stereocenters. The number of hydrogen-bond donors (Lipinski definition) is 2. The third kappa shape index (κ3) is 4.51. The van der Waals surface area contributed by atoms with Gasteiger partial charge in [-0.1, -0.05) is 31.2 Å². The Morgan fingerprint density at radius 3 is 2.62 bits per heavy atom. The fourth-order valence-corrected chi connectivity index (χ4v) is 3.06. The Labute approximate surface area is 169 Å². The third-order valence-corrected chi connectivity index (χ3v) is 4.68. The van der Waals surface area contributed by atoms with Gasteiger partial charge in [0.15, 0.2) is 0 Å². The molecule has 0 saturated heterocycles. The minimum atomic E-state index is -0.400. The number of carbonyl (C=O) groups is 1. The number of aliphatic hydroxyl groups excluding tert-OH is 1. The summed E-state index contributed by atoms with van der Waals surface area (Å²) in [6, 6.07) is 9.71. The number of nitrogens with zero attached hydrogens (tertiary/aromatic N) is 3. The smallest absolute Gasteiger partial charge is 0.251 e. The zero-order chi connectivity index (χ0) is 21.1. The first-order valence-electron chi connectivity index (χ1n) is 9.54. The van der Waals surface area contributed by atoms with Crippen molar-refractivity contribution in [3.63, 3.8) is 0 Å². The van der Waals surface area contributed by atoms with Crippen molar-refractivity contribution in [3.05, 3.63) is 65.2 Å². The highest BCUT2D eigenvalue weighted by Gasteiger charge is 2.17. The predicted molar refractivity (Wildman–Crippen MR) is 110 cm³/mol. The zero-order valence-corrected chi connectivity index (χ0v) is 17.0. The van der Waals surface area contributed by atoms with Crippen LogP contribution in [-0.4, -0.2) is 38.7 Å². The number of aromatic nitrogens is 3. The summed E-state index contributed by atoms with van der Waals surface area (Å²) >= 11 is 0. The summed E-state index contributed by atoms with van der Waals surface area (Å²) in [5.74, 6) is -0.551. The first kappa shape index (κ1) is 20.7. The lowest BCUT2D eigenvalue weighted by Crippen LogP contribution is -2.35. The first-order chi connectivity index (χ1) is 13.8. The fourth-order valence-electron chi connectivity index (χ4n) is 3.06. The number of aliphatic hydroxyl groups is 1. The topological polar surface area (TPSA) is 80.0 Å². The zero-order valence-electron chi connectivity index (χ0n) is 17.0. The van der Waals surface area contributed by atoms with Crippen LogP contribution in [0.2, 0.25) is 0 Å². The minimum Gasteiger partial charge on any atom is -0.394 e. The summed E-state index contributed by atoms with van der Waals surface area (Å²) in [5.41, 5.74) is 3.62. The van der Waals surface area contributed by atoms with E-state index in [1.54, 1.807) is 42.1 Å². The lowest BCUT2D eigenvalue weighted by atomic mass is 9.99. The Hall–Kier alpha value is -3.06. The Balaban J connectivity index is 2.16. The maximum absolute atomic E-state index is 14.6. The monoisotopic (exact) mass is 396 g/mol. The molecule has 1 aromatic heterocycles. The highest BCUT2D eigenvalue weighted by molar-refractivity contribution is 5.96. The number of rotatable bonds is 6. The normalized spacial score (nSPS) is 12.2. The Bertz CT molecular complexity index is 1030. The van der Waals surface area contributed by atoms with E-state index in [4.69, 9.17) is 0 Å². The van der Waals surface area contributed by atoms with Crippen LogP contribution in [0.3, 0.4) is 0 Å². The molecule has 3 rings (SSSR count). The van der Waals surface area contributed by atoms with Crippen LogP contribution in [0.4, 0.5) is 4.39 Å². The number of benzene rings is 2. The van der Waals surface area contributed by atoms with E-state index in [0.717, 1.165) is 11.3 Å². The van der Waals surface area contributed by atoms with Crippen LogP contribution in [0, 0.1) is 12.7 Å². The number of hydrogen-bond acceptors (Lipinski definition) is 4. The van der Waals surface area contributed by atoms with Crippen molar-refractivity contribution in [3.8, 4) is 16.8 Å². The van der Waals surface area contributed by atoms with Gasteiger partial charge in [0.05, 0.1) is 24.2 Å². The van der Waals surface area contributed by atoms with E-state index in [0.29, 0.717) is 22.4 Å². The lowest BCUT2D eigenvalue weighted by Gasteiger charge is -2.15. The number of amides is 1. The van der Waals surface area contributed by atoms with Gasteiger partial charge in [-0.05, 0) is 55.2 Å². The molecule has 3 aromatic rings. The van der Waals surface area contributed by atoms with Crippen molar-refractivity contribution in [2.24, 2.45) is 0 Å². The maximum Gasteiger partial charge on any atom is 0.251 e. The van der Waals surface area contributed by atoms with E-state index in [1.807, 2.05) is 26.8 Å². The predicted octanol–water partition coefficient (Wildman–Crippen LogP) is 3.62. The average molecular weight is 396 g/mol. The molecule has 0 aliphatic heterocycles. The molecule has 1 amide bonds. The highest BCUT2D eigenvalue weighted by atomic mass is 19.1. The maximum atomic E-state index is 14.6. The molecule has 0 aliphatic rings. The molecular formula is C22H25FN4O2. The molecule has 152 valence electrons. The van der Waals surface area contributed by atoms with Crippen LogP contribution in [0.1, 0.15) is 48.3 Å². The molecule has 2 aromatic carbocycles. The Kier molecular flexibility index (Phi) is 6.08. The van der Waals surface area contributed by atoms with Gasteiger partial charge in [-0.15, -0.1) is 5.10 Å². The molecule has 0 radical (unpaired) electrons. The SMILES string of the molecule is Cc1ccc(-c2cc(C(=O)NC(C)CO)cc(-n3nncc3C(C)C)c2)c(F)c1. The minimum absolute atomic E-state index is 0.163. The molecule has 1 atom stereocenters. The summed E-state index contributed by atoms with van der Waals surface area (Å²) in [7, 11) is 0. The van der Waals surface area contributed by atoms with Gasteiger partial charge in [0, 0.05) is 17.2 Å². The first-order valence-corrected chi connectivity index (χ1v) is 9.54. The van der Waals surface area contributed by atoms with Crippen LogP contribution in [0.25, 0.3) is 16.8 Å². The van der Waals surface area contributed by atoms with Crippen LogP contribution in [0.5, 0.6) is 0 Å². The third-order valence-electron chi connectivity index (χ3n) is 4.68. The van der Waals surface area contributed by atoms with E-state index in [1.165, 1.54) is 6.07 Å². The van der Waals surface area contributed by atoms with Crippen LogP contribution in [-0.2, 0) is 0 Å². The van der Waals surface area contributed by atoms with Gasteiger partial charge in [-0.3, -0.25) is 4.79 Å². The van der Waals surface area contributed by atoms with Gasteiger partial charge >= 0.3 is 0 Å². The second-order valence-electron chi connectivity index (χ2n) is 7.53. The largest absolute Gasteiger partial charge is 0.394 e. The second-order valence-corrected chi connectivity index (χ2v) is 7.53. The fraction of sp³-hybridized carbons (Fsp3) is 0.318. The molecule has 0 saturated carbocycles. The van der Waals surface area contributed by atoms with Crippen molar-refractivity contribution in [2.45, 2.75) is 39.7 Å². The van der Waals surface area contributed by atoms with Crippen LogP contribution >= 0.6 is 0 Å². The number of aryl methyl sites for hydroxylation is 1. The van der Waals surface area contributed by atoms with E-state index < -0.39 is 6.04 Å². The molecule has 6 nitrogen and oxygen atoms in total. The molecule has 2 N–H and O–H groups in total. The molecular weight excluding hydrogens is 371 g/mol. The van der Waals surface area contributed by atoms with Crippen LogP contribution in [0.15, 0.2) is 42.6 Å². The van der Waals surface area contributed by atoms with Crippen molar-refractivity contribution < 1.29 is 14.3 Å². The van der Waals surface area contributed by atoms with Gasteiger partial charge in [-0.2, -0.15) is 0 Å². The quantitative estimate of drug-likeness (QED) is 0.667. The standard InChI is InChI=1S/C22H25FN4O2/c1-13(2)21-11-24-26-27(21)18-9-16(19-6-5-14(3)7-20(19)23)8-17(10-18)22(29)25-15(4)12-28/h5-11,13,15,28H,12H2,1-4H3,(H,25,29). The number of carbonyl (C=O) groups excluding carboxylic acids is 1. The average Bonchev–Trinajstić information content (AvgIpc) is 3.17. The van der Waals surface area contributed by atoms with Gasteiger partial charge in [0.1, 0.15) is 5.82 Å². The van der Waals surface area contributed by atoms with Crippen molar-refractivity contribution in [1.82, 2.24) is 20.3 Å². The van der Waals surface area contributed by atoms with E-state index in [2.05, 4.69) is 15.6 Å². The van der Waals surface area contributed by atoms with E-state index in [9.17, 15) is 14.3 Å². The lowest BCUT2D eigenvalue weighted by molar-refractivity contribution is 0.0922. The Morgan fingerprint density at radius 1 is 1.21 bits per heavy atom. The summed E-state index contributed by atoms with van der Waals surface area (Å²) in [5, 5.41) is 20.1. The van der Waals surface area contributed by atoms with Crippen molar-refractivity contribution >= 4 is 5.91 Å². The number of halogens is 1. The van der Waals surface area contributed by atoms with Crippen LogP contribution < -0.4 is 5.32 Å². The molecule has 0 bridgehead atoms. The van der Waals surface area contributed by atoms with Crippen molar-refractivity contribution in [1.29, 1.82) is 0 Å². The molecule has 0 aliphatic carbocycles. The molecule has 29 heavy (non-hydrogen) atoms. The van der Waals surface area contributed by atoms with Gasteiger partial charge < -0.3 is 10.4 Å². The van der Waals surface area contributed by atoms with Gasteiger partial charge in [0.25, 0.3) is 5.91 Å². The molecule has 0 fully saturated rings. The van der Waals surface area contributed by atoms with Crippen molar-refractivity contribution in [2.75, 3.05) is 6.61 Å². The summed E-state index contributed by atoms with van der Waals surface area (Å²) in [6.45, 7) is 7.40. The highest BCUT2D eigenvalue weighted by Crippen LogP contribution is 2.28. The number of nitrogens with one attached hydrogen (secondary N) is 1. The summed E-state index contributed by atoms with van der Waals surface area (Å²) in [4.78, 5) is 12.7. The second kappa shape index (κ2) is 8.53. The van der Waals surface area contributed by atoms with Gasteiger partial charge in [0.2, 0.25) is 0 Å². The van der Waals surface area contributed by atoms with E-state index >= 15 is 0 Å².